The van der Waals surface area contributed by atoms with E-state index in [-0.39, 0.29) is 5.91 Å². The maximum atomic E-state index is 12.8. The SMILES string of the molecule is Cc1cc(C(=O)OC(C)C(=O)Nc2ccccc2C)c2c(c1)C(C)CCN2. The summed E-state index contributed by atoms with van der Waals surface area (Å²) in [5, 5.41) is 6.13. The number of fused-ring (bicyclic) bond motifs is 1. The van der Waals surface area contributed by atoms with Crippen molar-refractivity contribution in [1.82, 2.24) is 0 Å². The van der Waals surface area contributed by atoms with Crippen molar-refractivity contribution in [3.8, 4) is 0 Å². The molecule has 2 aromatic rings. The highest BCUT2D eigenvalue weighted by atomic mass is 16.5. The number of hydrogen-bond acceptors (Lipinski definition) is 4. The Morgan fingerprint density at radius 3 is 2.70 bits per heavy atom. The Balaban J connectivity index is 1.75. The molecule has 0 spiro atoms. The fourth-order valence-corrected chi connectivity index (χ4v) is 3.36. The summed E-state index contributed by atoms with van der Waals surface area (Å²) in [6.07, 6.45) is 0.134. The Labute approximate surface area is 160 Å². The van der Waals surface area contributed by atoms with Gasteiger partial charge in [-0.3, -0.25) is 4.79 Å². The van der Waals surface area contributed by atoms with Gasteiger partial charge in [0, 0.05) is 12.2 Å². The Morgan fingerprint density at radius 2 is 1.96 bits per heavy atom. The van der Waals surface area contributed by atoms with E-state index in [1.165, 1.54) is 0 Å². The van der Waals surface area contributed by atoms with Crippen LogP contribution in [0.1, 0.15) is 53.2 Å². The molecule has 3 rings (SSSR count). The fraction of sp³-hybridized carbons (Fsp3) is 0.364. The summed E-state index contributed by atoms with van der Waals surface area (Å²) >= 11 is 0. The molecule has 2 N–H and O–H groups in total. The van der Waals surface area contributed by atoms with Crippen molar-refractivity contribution in [3.63, 3.8) is 0 Å². The predicted molar refractivity (Wildman–Crippen MR) is 107 cm³/mol. The third-order valence-electron chi connectivity index (χ3n) is 5.00. The van der Waals surface area contributed by atoms with Gasteiger partial charge in [-0.2, -0.15) is 0 Å². The maximum Gasteiger partial charge on any atom is 0.341 e. The molecule has 27 heavy (non-hydrogen) atoms. The zero-order valence-electron chi connectivity index (χ0n) is 16.3. The molecular formula is C22H26N2O3. The van der Waals surface area contributed by atoms with Crippen LogP contribution in [0.4, 0.5) is 11.4 Å². The van der Waals surface area contributed by atoms with Crippen LogP contribution in [0.15, 0.2) is 36.4 Å². The number of ether oxygens (including phenoxy) is 1. The lowest BCUT2D eigenvalue weighted by Crippen LogP contribution is -2.31. The van der Waals surface area contributed by atoms with E-state index in [9.17, 15) is 9.59 Å². The maximum absolute atomic E-state index is 12.8. The molecule has 1 heterocycles. The number of rotatable bonds is 4. The first-order chi connectivity index (χ1) is 12.9. The summed E-state index contributed by atoms with van der Waals surface area (Å²) in [5.41, 5.74) is 5.13. The fourth-order valence-electron chi connectivity index (χ4n) is 3.36. The van der Waals surface area contributed by atoms with E-state index in [1.54, 1.807) is 6.92 Å². The number of anilines is 2. The highest BCUT2D eigenvalue weighted by molar-refractivity contribution is 6.00. The Kier molecular flexibility index (Phi) is 5.49. The third kappa shape index (κ3) is 4.13. The van der Waals surface area contributed by atoms with Crippen LogP contribution < -0.4 is 10.6 Å². The molecule has 142 valence electrons. The van der Waals surface area contributed by atoms with Crippen LogP contribution in [0.3, 0.4) is 0 Å². The molecule has 1 aliphatic heterocycles. The topological polar surface area (TPSA) is 67.4 Å². The largest absolute Gasteiger partial charge is 0.449 e. The second-order valence-corrected chi connectivity index (χ2v) is 7.24. The van der Waals surface area contributed by atoms with Crippen LogP contribution in [-0.4, -0.2) is 24.5 Å². The van der Waals surface area contributed by atoms with E-state index in [2.05, 4.69) is 23.6 Å². The molecule has 0 fully saturated rings. The van der Waals surface area contributed by atoms with Crippen LogP contribution in [0.2, 0.25) is 0 Å². The van der Waals surface area contributed by atoms with Crippen LogP contribution in [0.5, 0.6) is 0 Å². The Bertz CT molecular complexity index is 876. The summed E-state index contributed by atoms with van der Waals surface area (Å²) in [6.45, 7) is 8.45. The molecule has 2 unspecified atom stereocenters. The number of benzene rings is 2. The van der Waals surface area contributed by atoms with Gasteiger partial charge in [0.05, 0.1) is 11.3 Å². The molecule has 1 aliphatic rings. The molecule has 0 saturated carbocycles. The zero-order valence-corrected chi connectivity index (χ0v) is 16.3. The highest BCUT2D eigenvalue weighted by Crippen LogP contribution is 2.35. The number of hydrogen-bond donors (Lipinski definition) is 2. The zero-order chi connectivity index (χ0) is 19.6. The molecule has 0 aromatic heterocycles. The molecule has 0 saturated heterocycles. The number of aryl methyl sites for hydroxylation is 2. The van der Waals surface area contributed by atoms with Crippen molar-refractivity contribution >= 4 is 23.3 Å². The van der Waals surface area contributed by atoms with Gasteiger partial charge < -0.3 is 15.4 Å². The minimum absolute atomic E-state index is 0.347. The molecule has 5 nitrogen and oxygen atoms in total. The molecule has 2 aromatic carbocycles. The van der Waals surface area contributed by atoms with Crippen molar-refractivity contribution in [2.45, 2.75) is 46.1 Å². The Morgan fingerprint density at radius 1 is 1.22 bits per heavy atom. The van der Waals surface area contributed by atoms with Gasteiger partial charge in [0.1, 0.15) is 0 Å². The second kappa shape index (κ2) is 7.82. The summed E-state index contributed by atoms with van der Waals surface area (Å²) in [7, 11) is 0. The van der Waals surface area contributed by atoms with Crippen molar-refractivity contribution in [2.75, 3.05) is 17.2 Å². The van der Waals surface area contributed by atoms with E-state index in [0.717, 1.165) is 35.3 Å². The minimum atomic E-state index is -0.894. The minimum Gasteiger partial charge on any atom is -0.449 e. The number of esters is 1. The van der Waals surface area contributed by atoms with Gasteiger partial charge in [-0.15, -0.1) is 0 Å². The van der Waals surface area contributed by atoms with Gasteiger partial charge in [-0.05, 0) is 61.9 Å². The van der Waals surface area contributed by atoms with Crippen molar-refractivity contribution in [2.24, 2.45) is 0 Å². The van der Waals surface area contributed by atoms with E-state index in [4.69, 9.17) is 4.74 Å². The van der Waals surface area contributed by atoms with Gasteiger partial charge in [-0.25, -0.2) is 4.79 Å². The average Bonchev–Trinajstić information content (AvgIpc) is 2.63. The van der Waals surface area contributed by atoms with E-state index < -0.39 is 12.1 Å². The first-order valence-corrected chi connectivity index (χ1v) is 9.32. The molecular weight excluding hydrogens is 340 g/mol. The van der Waals surface area contributed by atoms with Crippen LogP contribution in [0, 0.1) is 13.8 Å². The smallest absolute Gasteiger partial charge is 0.341 e. The summed E-state index contributed by atoms with van der Waals surface area (Å²) < 4.78 is 5.48. The molecule has 0 aliphatic carbocycles. The monoisotopic (exact) mass is 366 g/mol. The van der Waals surface area contributed by atoms with Crippen LogP contribution in [0.25, 0.3) is 0 Å². The summed E-state index contributed by atoms with van der Waals surface area (Å²) in [5.74, 6) is -0.445. The van der Waals surface area contributed by atoms with Gasteiger partial charge in [-0.1, -0.05) is 31.2 Å². The van der Waals surface area contributed by atoms with Crippen LogP contribution in [-0.2, 0) is 9.53 Å². The number of para-hydroxylation sites is 1. The van der Waals surface area contributed by atoms with Gasteiger partial charge in [0.25, 0.3) is 5.91 Å². The molecule has 2 atom stereocenters. The van der Waals surface area contributed by atoms with Gasteiger partial charge in [0.2, 0.25) is 0 Å². The predicted octanol–water partition coefficient (Wildman–Crippen LogP) is 4.41. The molecule has 1 amide bonds. The lowest BCUT2D eigenvalue weighted by molar-refractivity contribution is -0.123. The third-order valence-corrected chi connectivity index (χ3v) is 5.00. The summed E-state index contributed by atoms with van der Waals surface area (Å²) in [4.78, 5) is 25.2. The van der Waals surface area contributed by atoms with Crippen molar-refractivity contribution < 1.29 is 14.3 Å². The number of amides is 1. The lowest BCUT2D eigenvalue weighted by atomic mass is 9.89. The summed E-state index contributed by atoms with van der Waals surface area (Å²) in [6, 6.07) is 11.4. The van der Waals surface area contributed by atoms with E-state index in [1.807, 2.05) is 44.2 Å². The van der Waals surface area contributed by atoms with Crippen LogP contribution >= 0.6 is 0 Å². The van der Waals surface area contributed by atoms with Crippen molar-refractivity contribution in [3.05, 3.63) is 58.7 Å². The highest BCUT2D eigenvalue weighted by Gasteiger charge is 2.26. The van der Waals surface area contributed by atoms with Gasteiger partial charge in [0.15, 0.2) is 6.10 Å². The number of nitrogens with one attached hydrogen (secondary N) is 2. The number of carbonyl (C=O) groups excluding carboxylic acids is 2. The Hall–Kier alpha value is -2.82. The normalized spacial score (nSPS) is 16.7. The first-order valence-electron chi connectivity index (χ1n) is 9.32. The molecule has 0 bridgehead atoms. The van der Waals surface area contributed by atoms with Crippen molar-refractivity contribution in [1.29, 1.82) is 0 Å². The van der Waals surface area contributed by atoms with E-state index >= 15 is 0 Å². The number of carbonyl (C=O) groups is 2. The average molecular weight is 366 g/mol. The first kappa shape index (κ1) is 19.0. The molecule has 0 radical (unpaired) electrons. The lowest BCUT2D eigenvalue weighted by Gasteiger charge is -2.26. The standard InChI is InChI=1S/C22H26N2O3/c1-13-11-17-14(2)9-10-23-20(17)18(12-13)22(26)27-16(4)21(25)24-19-8-6-5-7-15(19)3/h5-8,11-12,14,16,23H,9-10H2,1-4H3,(H,24,25). The molecule has 5 heteroatoms. The van der Waals surface area contributed by atoms with Gasteiger partial charge >= 0.3 is 5.97 Å². The second-order valence-electron chi connectivity index (χ2n) is 7.24. The van der Waals surface area contributed by atoms with E-state index in [0.29, 0.717) is 17.2 Å². The quantitative estimate of drug-likeness (QED) is 0.787.